The maximum Gasteiger partial charge on any atom is 0.410 e. The molecule has 0 saturated carbocycles. The van der Waals surface area contributed by atoms with Crippen molar-refractivity contribution in [2.45, 2.75) is 77.7 Å². The molecule has 1 unspecified atom stereocenters. The zero-order chi connectivity index (χ0) is 28.8. The number of benzene rings is 1. The van der Waals surface area contributed by atoms with Crippen molar-refractivity contribution in [3.63, 3.8) is 0 Å². The van der Waals surface area contributed by atoms with Crippen LogP contribution in [0.1, 0.15) is 53.9 Å². The number of likely N-dealkylation sites (tertiary alicyclic amines) is 1. The molecule has 1 saturated heterocycles. The summed E-state index contributed by atoms with van der Waals surface area (Å²) in [5.74, 6) is -10.3. The number of carbonyl (C=O) groups is 3. The molecule has 1 heterocycles. The Labute approximate surface area is 218 Å². The molecule has 0 aromatic heterocycles. The van der Waals surface area contributed by atoms with E-state index in [9.17, 15) is 37.1 Å². The number of esters is 1. The maximum atomic E-state index is 13.9. The van der Waals surface area contributed by atoms with Crippen molar-refractivity contribution in [3.8, 4) is 5.75 Å². The molecular weight excluding hydrogens is 516 g/mol. The molecule has 13 heteroatoms. The molecule has 0 spiro atoms. The summed E-state index contributed by atoms with van der Waals surface area (Å²) in [6, 6.07) is -1.32. The van der Waals surface area contributed by atoms with Gasteiger partial charge in [-0.15, -0.1) is 0 Å². The van der Waals surface area contributed by atoms with Crippen LogP contribution in [0.3, 0.4) is 0 Å². The standard InChI is InChI=1S/C25H34F4N2O7/c1-13(2)37-24(35)31-8-6-14(7-9-31)23(34)30-17(11-19(33)38-25(3,4)5)18(32)12-36-22-20(28)15(26)10-16(27)21(22)29/h10,13-14,17-18,32H,6-9,11-12H2,1-5H3,(H,30,34)/t17-,18?/m0/s1. The molecule has 2 rings (SSSR count). The molecule has 0 aliphatic carbocycles. The lowest BCUT2D eigenvalue weighted by Crippen LogP contribution is -2.51. The molecular formula is C25H34F4N2O7. The minimum atomic E-state index is -1.80. The molecule has 38 heavy (non-hydrogen) atoms. The van der Waals surface area contributed by atoms with Crippen molar-refractivity contribution >= 4 is 18.0 Å². The van der Waals surface area contributed by atoms with E-state index in [0.29, 0.717) is 0 Å². The third-order valence-electron chi connectivity index (χ3n) is 5.53. The minimum Gasteiger partial charge on any atom is -0.485 e. The van der Waals surface area contributed by atoms with Crippen LogP contribution >= 0.6 is 0 Å². The van der Waals surface area contributed by atoms with E-state index >= 15 is 0 Å². The van der Waals surface area contributed by atoms with E-state index < -0.39 is 83.7 Å². The largest absolute Gasteiger partial charge is 0.485 e. The van der Waals surface area contributed by atoms with Crippen LogP contribution in [0.25, 0.3) is 0 Å². The highest BCUT2D eigenvalue weighted by molar-refractivity contribution is 5.80. The number of rotatable bonds is 9. The molecule has 1 aliphatic heterocycles. The van der Waals surface area contributed by atoms with Gasteiger partial charge in [0.1, 0.15) is 18.3 Å². The van der Waals surface area contributed by atoms with Gasteiger partial charge >= 0.3 is 12.1 Å². The minimum absolute atomic E-state index is 0.00725. The Morgan fingerprint density at radius 1 is 1.08 bits per heavy atom. The molecule has 1 aromatic rings. The van der Waals surface area contributed by atoms with Crippen LogP contribution in [0.4, 0.5) is 22.4 Å². The number of aliphatic hydroxyl groups is 1. The van der Waals surface area contributed by atoms with E-state index in [1.807, 2.05) is 0 Å². The fraction of sp³-hybridized carbons (Fsp3) is 0.640. The summed E-state index contributed by atoms with van der Waals surface area (Å²) in [4.78, 5) is 38.9. The number of amides is 2. The average molecular weight is 551 g/mol. The molecule has 2 N–H and O–H groups in total. The SMILES string of the molecule is CC(C)OC(=O)N1CCC(C(=O)N[C@@H](CC(=O)OC(C)(C)C)C(O)COc2c(F)c(F)cc(F)c2F)CC1. The lowest BCUT2D eigenvalue weighted by molar-refractivity contribution is -0.156. The van der Waals surface area contributed by atoms with Gasteiger partial charge in [0.05, 0.1) is 18.6 Å². The van der Waals surface area contributed by atoms with Gasteiger partial charge in [0.2, 0.25) is 17.5 Å². The fourth-order valence-electron chi connectivity index (χ4n) is 3.71. The van der Waals surface area contributed by atoms with Crippen LogP contribution in [-0.4, -0.2) is 71.5 Å². The first kappa shape index (κ1) is 31.1. The van der Waals surface area contributed by atoms with E-state index in [4.69, 9.17) is 14.2 Å². The number of nitrogens with zero attached hydrogens (tertiary/aromatic N) is 1. The van der Waals surface area contributed by atoms with Crippen molar-refractivity contribution in [1.29, 1.82) is 0 Å². The van der Waals surface area contributed by atoms with Gasteiger partial charge in [-0.1, -0.05) is 0 Å². The third kappa shape index (κ3) is 9.03. The molecule has 1 aliphatic rings. The summed E-state index contributed by atoms with van der Waals surface area (Å²) in [6.07, 6.45) is -2.49. The second-order valence-electron chi connectivity index (χ2n) is 10.3. The molecule has 0 radical (unpaired) electrons. The maximum absolute atomic E-state index is 13.9. The van der Waals surface area contributed by atoms with Gasteiger partial charge in [0.15, 0.2) is 17.4 Å². The summed E-state index contributed by atoms with van der Waals surface area (Å²) in [5, 5.41) is 13.2. The van der Waals surface area contributed by atoms with Gasteiger partial charge in [-0.25, -0.2) is 13.6 Å². The first-order valence-corrected chi connectivity index (χ1v) is 12.2. The summed E-state index contributed by atoms with van der Waals surface area (Å²) in [5.41, 5.74) is -0.879. The van der Waals surface area contributed by atoms with E-state index in [0.717, 1.165) is 0 Å². The Balaban J connectivity index is 2.09. The molecule has 214 valence electrons. The van der Waals surface area contributed by atoms with Gasteiger partial charge in [-0.3, -0.25) is 9.59 Å². The van der Waals surface area contributed by atoms with Crippen molar-refractivity contribution < 1.29 is 51.3 Å². The van der Waals surface area contributed by atoms with E-state index in [1.165, 1.54) is 4.90 Å². The Morgan fingerprint density at radius 3 is 2.13 bits per heavy atom. The summed E-state index contributed by atoms with van der Waals surface area (Å²) in [6.45, 7) is 7.84. The Morgan fingerprint density at radius 2 is 1.63 bits per heavy atom. The highest BCUT2D eigenvalue weighted by Gasteiger charge is 2.33. The molecule has 9 nitrogen and oxygen atoms in total. The zero-order valence-electron chi connectivity index (χ0n) is 22.0. The number of hydrogen-bond acceptors (Lipinski definition) is 7. The number of halogens is 4. The normalized spacial score (nSPS) is 16.1. The van der Waals surface area contributed by atoms with Gasteiger partial charge in [0, 0.05) is 25.1 Å². The first-order valence-electron chi connectivity index (χ1n) is 12.2. The van der Waals surface area contributed by atoms with Crippen LogP contribution < -0.4 is 10.1 Å². The van der Waals surface area contributed by atoms with Gasteiger partial charge in [-0.05, 0) is 47.5 Å². The van der Waals surface area contributed by atoms with Gasteiger partial charge in [0.25, 0.3) is 0 Å². The zero-order valence-corrected chi connectivity index (χ0v) is 22.0. The van der Waals surface area contributed by atoms with Crippen LogP contribution in [-0.2, 0) is 19.1 Å². The number of nitrogens with one attached hydrogen (secondary N) is 1. The number of carbonyl (C=O) groups excluding carboxylic acids is 3. The third-order valence-corrected chi connectivity index (χ3v) is 5.53. The summed E-state index contributed by atoms with van der Waals surface area (Å²) in [7, 11) is 0. The first-order chi connectivity index (χ1) is 17.6. The number of hydrogen-bond donors (Lipinski definition) is 2. The second kappa shape index (κ2) is 13.1. The summed E-state index contributed by atoms with van der Waals surface area (Å²) >= 11 is 0. The van der Waals surface area contributed by atoms with Crippen molar-refractivity contribution in [2.24, 2.45) is 5.92 Å². The smallest absolute Gasteiger partial charge is 0.410 e. The van der Waals surface area contributed by atoms with Crippen molar-refractivity contribution in [3.05, 3.63) is 29.3 Å². The molecule has 1 aromatic carbocycles. The van der Waals surface area contributed by atoms with Gasteiger partial charge in [-0.2, -0.15) is 8.78 Å². The Kier molecular flexibility index (Phi) is 10.7. The number of piperidine rings is 1. The molecule has 2 atom stereocenters. The fourth-order valence-corrected chi connectivity index (χ4v) is 3.71. The Hall–Kier alpha value is -3.09. The van der Waals surface area contributed by atoms with Crippen LogP contribution in [0.15, 0.2) is 6.07 Å². The topological polar surface area (TPSA) is 114 Å². The lowest BCUT2D eigenvalue weighted by atomic mass is 9.95. The number of ether oxygens (including phenoxy) is 3. The highest BCUT2D eigenvalue weighted by Crippen LogP contribution is 2.27. The Bertz CT molecular complexity index is 982. The quantitative estimate of drug-likeness (QED) is 0.275. The monoisotopic (exact) mass is 550 g/mol. The lowest BCUT2D eigenvalue weighted by Gasteiger charge is -2.32. The van der Waals surface area contributed by atoms with Crippen LogP contribution in [0.2, 0.25) is 0 Å². The second-order valence-corrected chi connectivity index (χ2v) is 10.3. The highest BCUT2D eigenvalue weighted by atomic mass is 19.2. The molecule has 1 fully saturated rings. The molecule has 2 amide bonds. The molecule has 0 bridgehead atoms. The average Bonchev–Trinajstić information content (AvgIpc) is 2.80. The summed E-state index contributed by atoms with van der Waals surface area (Å²) < 4.78 is 70.0. The number of aliphatic hydroxyl groups excluding tert-OH is 1. The van der Waals surface area contributed by atoms with E-state index in [1.54, 1.807) is 34.6 Å². The van der Waals surface area contributed by atoms with Crippen LogP contribution in [0.5, 0.6) is 5.75 Å². The van der Waals surface area contributed by atoms with Crippen molar-refractivity contribution in [1.82, 2.24) is 10.2 Å². The van der Waals surface area contributed by atoms with E-state index in [-0.39, 0.29) is 38.1 Å². The van der Waals surface area contributed by atoms with Crippen LogP contribution in [0, 0.1) is 29.2 Å². The van der Waals surface area contributed by atoms with Gasteiger partial charge < -0.3 is 29.5 Å². The van der Waals surface area contributed by atoms with E-state index in [2.05, 4.69) is 5.32 Å². The van der Waals surface area contributed by atoms with Crippen molar-refractivity contribution in [2.75, 3.05) is 19.7 Å². The predicted octanol–water partition coefficient (Wildman–Crippen LogP) is 3.46. The predicted molar refractivity (Wildman–Crippen MR) is 126 cm³/mol.